The molecule has 0 unspecified atom stereocenters. The van der Waals surface area contributed by atoms with Gasteiger partial charge in [-0.1, -0.05) is 6.07 Å². The molecule has 2 heterocycles. The predicted octanol–water partition coefficient (Wildman–Crippen LogP) is 1.49. The highest BCUT2D eigenvalue weighted by Crippen LogP contribution is 2.16. The van der Waals surface area contributed by atoms with Gasteiger partial charge in [-0.25, -0.2) is 18.3 Å². The fourth-order valence-corrected chi connectivity index (χ4v) is 2.06. The van der Waals surface area contributed by atoms with Crippen LogP contribution in [0.5, 0.6) is 0 Å². The lowest BCUT2D eigenvalue weighted by atomic mass is 10.3. The number of aromatic nitrogens is 4. The first-order valence-electron chi connectivity index (χ1n) is 6.63. The average molecular weight is 322 g/mol. The van der Waals surface area contributed by atoms with E-state index in [9.17, 15) is 13.6 Å². The molecular weight excluding hydrogens is 310 g/mol. The molecule has 0 radical (unpaired) electrons. The van der Waals surface area contributed by atoms with E-state index in [1.54, 1.807) is 0 Å². The van der Waals surface area contributed by atoms with Crippen molar-refractivity contribution in [2.45, 2.75) is 13.2 Å². The van der Waals surface area contributed by atoms with Crippen LogP contribution in [0.15, 0.2) is 39.7 Å². The maximum absolute atomic E-state index is 13.7. The van der Waals surface area contributed by atoms with Gasteiger partial charge in [0.2, 0.25) is 5.89 Å². The van der Waals surface area contributed by atoms with Gasteiger partial charge in [-0.05, 0) is 18.2 Å². The quantitative estimate of drug-likeness (QED) is 0.711. The van der Waals surface area contributed by atoms with Gasteiger partial charge in [-0.2, -0.15) is 9.78 Å². The second-order valence-corrected chi connectivity index (χ2v) is 4.67. The number of hydrogen-bond acceptors (Lipinski definition) is 5. The molecule has 0 amide bonds. The van der Waals surface area contributed by atoms with E-state index >= 15 is 0 Å². The third-order valence-electron chi connectivity index (χ3n) is 3.04. The van der Waals surface area contributed by atoms with Gasteiger partial charge >= 0.3 is 5.76 Å². The van der Waals surface area contributed by atoms with Crippen molar-refractivity contribution in [2.75, 3.05) is 7.11 Å². The highest BCUT2D eigenvalue weighted by atomic mass is 19.1. The van der Waals surface area contributed by atoms with Gasteiger partial charge in [0, 0.05) is 13.3 Å². The minimum atomic E-state index is -0.736. The van der Waals surface area contributed by atoms with Crippen LogP contribution in [0, 0.1) is 11.6 Å². The van der Waals surface area contributed by atoms with Gasteiger partial charge in [0.05, 0.1) is 12.2 Å². The third kappa shape index (κ3) is 3.04. The van der Waals surface area contributed by atoms with Crippen LogP contribution in [0.25, 0.3) is 5.69 Å². The van der Waals surface area contributed by atoms with E-state index in [2.05, 4.69) is 10.2 Å². The predicted molar refractivity (Wildman–Crippen MR) is 74.1 cm³/mol. The van der Waals surface area contributed by atoms with Crippen LogP contribution in [0.3, 0.4) is 0 Å². The topological polar surface area (TPSA) is 75.1 Å². The summed E-state index contributed by atoms with van der Waals surface area (Å²) in [6.07, 6.45) is 1.40. The molecule has 23 heavy (non-hydrogen) atoms. The van der Waals surface area contributed by atoms with Gasteiger partial charge in [0.1, 0.15) is 12.3 Å². The molecule has 2 aromatic heterocycles. The first-order valence-corrected chi connectivity index (χ1v) is 6.63. The molecule has 0 saturated heterocycles. The van der Waals surface area contributed by atoms with Gasteiger partial charge in [0.15, 0.2) is 11.6 Å². The number of methoxy groups -OCH3 is 1. The standard InChI is InChI=1S/C14H12F2N4O3/c1-22-8-12-18-20(14(21)23-12)7-9-5-6-19(17-9)13-10(15)3-2-4-11(13)16/h2-6H,7-8H2,1H3. The number of hydrogen-bond donors (Lipinski definition) is 0. The van der Waals surface area contributed by atoms with E-state index in [1.807, 2.05) is 0 Å². The summed E-state index contributed by atoms with van der Waals surface area (Å²) < 4.78 is 39.3. The van der Waals surface area contributed by atoms with Crippen molar-refractivity contribution < 1.29 is 17.9 Å². The Kier molecular flexibility index (Phi) is 4.02. The third-order valence-corrected chi connectivity index (χ3v) is 3.04. The summed E-state index contributed by atoms with van der Waals surface area (Å²) in [7, 11) is 1.45. The van der Waals surface area contributed by atoms with Crippen molar-refractivity contribution in [2.24, 2.45) is 0 Å². The van der Waals surface area contributed by atoms with Crippen LogP contribution < -0.4 is 5.76 Å². The summed E-state index contributed by atoms with van der Waals surface area (Å²) in [5.74, 6) is -2.00. The summed E-state index contributed by atoms with van der Waals surface area (Å²) in [4.78, 5) is 11.6. The fraction of sp³-hybridized carbons (Fsp3) is 0.214. The Hall–Kier alpha value is -2.81. The smallest absolute Gasteiger partial charge is 0.390 e. The Labute approximate surface area is 128 Å². The summed E-state index contributed by atoms with van der Waals surface area (Å²) in [6, 6.07) is 5.08. The van der Waals surface area contributed by atoms with E-state index in [4.69, 9.17) is 9.15 Å². The molecule has 0 spiro atoms. The number of halogens is 2. The fourth-order valence-electron chi connectivity index (χ4n) is 2.06. The zero-order valence-electron chi connectivity index (χ0n) is 12.1. The molecule has 0 fully saturated rings. The lowest BCUT2D eigenvalue weighted by Gasteiger charge is -2.04. The molecule has 0 saturated carbocycles. The lowest BCUT2D eigenvalue weighted by Crippen LogP contribution is -2.17. The molecule has 0 bridgehead atoms. The Morgan fingerprint density at radius 2 is 1.96 bits per heavy atom. The van der Waals surface area contributed by atoms with Crippen molar-refractivity contribution in [3.63, 3.8) is 0 Å². The van der Waals surface area contributed by atoms with E-state index in [1.165, 1.54) is 25.4 Å². The molecule has 9 heteroatoms. The first-order chi connectivity index (χ1) is 11.1. The zero-order valence-corrected chi connectivity index (χ0v) is 12.1. The number of ether oxygens (including phenoxy) is 1. The summed E-state index contributed by atoms with van der Waals surface area (Å²) in [5, 5.41) is 7.98. The van der Waals surface area contributed by atoms with Crippen LogP contribution >= 0.6 is 0 Å². The highest BCUT2D eigenvalue weighted by molar-refractivity contribution is 5.34. The first kappa shape index (κ1) is 15.1. The molecule has 0 atom stereocenters. The molecule has 0 aliphatic carbocycles. The van der Waals surface area contributed by atoms with Crippen molar-refractivity contribution in [1.82, 2.24) is 19.6 Å². The second kappa shape index (κ2) is 6.13. The summed E-state index contributed by atoms with van der Waals surface area (Å²) in [5.41, 5.74) is 0.110. The molecule has 0 aliphatic heterocycles. The van der Waals surface area contributed by atoms with Gasteiger partial charge in [0.25, 0.3) is 0 Å². The Balaban J connectivity index is 1.87. The molecule has 120 valence electrons. The van der Waals surface area contributed by atoms with E-state index in [0.29, 0.717) is 5.69 Å². The molecular formula is C14H12F2N4O3. The number of benzene rings is 1. The normalized spacial score (nSPS) is 11.1. The van der Waals surface area contributed by atoms with Crippen molar-refractivity contribution in [3.8, 4) is 5.69 Å². The monoisotopic (exact) mass is 322 g/mol. The number of rotatable bonds is 5. The summed E-state index contributed by atoms with van der Waals surface area (Å²) in [6.45, 7) is 0.0756. The van der Waals surface area contributed by atoms with E-state index < -0.39 is 17.4 Å². The number of nitrogens with zero attached hydrogens (tertiary/aromatic N) is 4. The zero-order chi connectivity index (χ0) is 16.4. The molecule has 3 rings (SSSR count). The maximum atomic E-state index is 13.7. The Bertz CT molecular complexity index is 864. The van der Waals surface area contributed by atoms with Gasteiger partial charge in [-0.3, -0.25) is 0 Å². The minimum Gasteiger partial charge on any atom is -0.390 e. The largest absolute Gasteiger partial charge is 0.437 e. The van der Waals surface area contributed by atoms with Crippen LogP contribution in [-0.2, 0) is 17.9 Å². The van der Waals surface area contributed by atoms with Crippen molar-refractivity contribution >= 4 is 0 Å². The highest BCUT2D eigenvalue weighted by Gasteiger charge is 2.14. The van der Waals surface area contributed by atoms with Crippen molar-refractivity contribution in [1.29, 1.82) is 0 Å². The average Bonchev–Trinajstić information content (AvgIpc) is 3.07. The molecule has 1 aromatic carbocycles. The van der Waals surface area contributed by atoms with Crippen LogP contribution in [-0.4, -0.2) is 26.7 Å². The van der Waals surface area contributed by atoms with Crippen LogP contribution in [0.2, 0.25) is 0 Å². The van der Waals surface area contributed by atoms with E-state index in [-0.39, 0.29) is 24.7 Å². The molecule has 3 aromatic rings. The maximum Gasteiger partial charge on any atom is 0.437 e. The van der Waals surface area contributed by atoms with Crippen LogP contribution in [0.4, 0.5) is 8.78 Å². The lowest BCUT2D eigenvalue weighted by molar-refractivity contribution is 0.158. The Morgan fingerprint density at radius 1 is 1.22 bits per heavy atom. The van der Waals surface area contributed by atoms with E-state index in [0.717, 1.165) is 21.5 Å². The van der Waals surface area contributed by atoms with Gasteiger partial charge < -0.3 is 9.15 Å². The molecule has 0 N–H and O–H groups in total. The van der Waals surface area contributed by atoms with Gasteiger partial charge in [-0.15, -0.1) is 5.10 Å². The second-order valence-electron chi connectivity index (χ2n) is 4.67. The summed E-state index contributed by atoms with van der Waals surface area (Å²) >= 11 is 0. The molecule has 7 nitrogen and oxygen atoms in total. The number of para-hydroxylation sites is 1. The minimum absolute atomic E-state index is 0.00905. The Morgan fingerprint density at radius 3 is 2.65 bits per heavy atom. The molecule has 0 aliphatic rings. The SMILES string of the molecule is COCc1nn(Cc2ccn(-c3c(F)cccc3F)n2)c(=O)o1. The van der Waals surface area contributed by atoms with Crippen molar-refractivity contribution in [3.05, 3.63) is 64.2 Å². The van der Waals surface area contributed by atoms with Crippen LogP contribution in [0.1, 0.15) is 11.6 Å².